The van der Waals surface area contributed by atoms with Crippen molar-refractivity contribution in [3.05, 3.63) is 59.6 Å². The highest BCUT2D eigenvalue weighted by molar-refractivity contribution is 7.99. The third kappa shape index (κ3) is 4.36. The van der Waals surface area contributed by atoms with E-state index in [1.165, 1.54) is 42.9 Å². The third-order valence-corrected chi connectivity index (χ3v) is 8.24. The average Bonchev–Trinajstić information content (AvgIpc) is 2.81. The van der Waals surface area contributed by atoms with Gasteiger partial charge in [0, 0.05) is 62.0 Å². The molecule has 0 bridgehead atoms. The lowest BCUT2D eigenvalue weighted by atomic mass is 9.96. The second-order valence-electron chi connectivity index (χ2n) is 7.57. The zero-order chi connectivity index (χ0) is 25.8. The van der Waals surface area contributed by atoms with Crippen LogP contribution in [0.1, 0.15) is 24.4 Å². The molecule has 2 aliphatic heterocycles. The average molecular weight is 449 g/mol. The van der Waals surface area contributed by atoms with Gasteiger partial charge in [0.2, 0.25) is 10.0 Å². The molecule has 2 heterocycles. The van der Waals surface area contributed by atoms with Crippen molar-refractivity contribution in [1.82, 2.24) is 14.1 Å². The van der Waals surface area contributed by atoms with Gasteiger partial charge in [0.05, 0.1) is 6.27 Å². The molecule has 0 aromatic heterocycles. The summed E-state index contributed by atoms with van der Waals surface area (Å²) in [6.45, 7) is -0.535. The van der Waals surface area contributed by atoms with Crippen LogP contribution in [0.25, 0.3) is 5.57 Å². The maximum Gasteiger partial charge on any atom is 0.242 e. The number of hydrogen-bond donors (Lipinski definition) is 0. The topological polar surface area (TPSA) is 43.9 Å². The fraction of sp³-hybridized carbons (Fsp3) is 0.391. The van der Waals surface area contributed by atoms with Gasteiger partial charge in [0.25, 0.3) is 0 Å². The molecular formula is C23H29N3O2S2. The third-order valence-electron chi connectivity index (χ3n) is 5.28. The fourth-order valence-electron chi connectivity index (χ4n) is 3.41. The first-order valence-corrected chi connectivity index (χ1v) is 12.0. The van der Waals surface area contributed by atoms with Crippen molar-refractivity contribution >= 4 is 27.4 Å². The molecule has 30 heavy (non-hydrogen) atoms. The van der Waals surface area contributed by atoms with E-state index in [2.05, 4.69) is 4.90 Å². The largest absolute Gasteiger partial charge is 0.304 e. The van der Waals surface area contributed by atoms with Gasteiger partial charge in [-0.2, -0.15) is 0 Å². The Morgan fingerprint density at radius 3 is 2.53 bits per heavy atom. The number of rotatable bonds is 5. The maximum atomic E-state index is 12.8. The Bertz CT molecular complexity index is 1270. The number of likely N-dealkylation sites (N-methyl/N-ethyl adjacent to an activating group) is 1. The van der Waals surface area contributed by atoms with Crippen LogP contribution in [0.2, 0.25) is 0 Å². The van der Waals surface area contributed by atoms with Crippen molar-refractivity contribution in [3.63, 3.8) is 0 Å². The molecule has 2 aliphatic rings. The first kappa shape index (κ1) is 16.1. The van der Waals surface area contributed by atoms with Gasteiger partial charge in [-0.25, -0.2) is 12.7 Å². The van der Waals surface area contributed by atoms with Gasteiger partial charge in [0.15, 0.2) is 0 Å². The molecule has 4 rings (SSSR count). The van der Waals surface area contributed by atoms with Crippen LogP contribution in [-0.2, 0) is 10.0 Å². The van der Waals surface area contributed by atoms with Gasteiger partial charge in [0.1, 0.15) is 0 Å². The minimum atomic E-state index is -3.76. The minimum absolute atomic E-state index is 0.0363. The lowest BCUT2D eigenvalue weighted by Crippen LogP contribution is -2.44. The summed E-state index contributed by atoms with van der Waals surface area (Å²) in [5, 5.41) is 0. The number of sulfonamides is 1. The highest BCUT2D eigenvalue weighted by atomic mass is 32.2. The van der Waals surface area contributed by atoms with E-state index >= 15 is 0 Å². The Morgan fingerprint density at radius 1 is 1.10 bits per heavy atom. The maximum absolute atomic E-state index is 12.8. The van der Waals surface area contributed by atoms with E-state index in [4.69, 9.17) is 6.85 Å². The molecule has 0 spiro atoms. The number of nitrogens with zero attached hydrogens (tertiary/aromatic N) is 3. The van der Waals surface area contributed by atoms with Crippen molar-refractivity contribution in [2.75, 3.05) is 53.8 Å². The number of fused-ring (bicyclic) bond motifs is 2. The summed E-state index contributed by atoms with van der Waals surface area (Å²) in [5.74, 6) is 0. The number of piperazine rings is 1. The van der Waals surface area contributed by atoms with Crippen LogP contribution in [0.3, 0.4) is 0 Å². The molecule has 0 aliphatic carbocycles. The van der Waals surface area contributed by atoms with Crippen molar-refractivity contribution in [1.29, 1.82) is 0 Å². The standard InChI is InChI=1S/C23H29N3O2S2/c1-24(2)30(27,28)18-10-11-23-21(17-18)19(20-7-4-5-9-22(20)29-23)8-6-12-26-15-13-25(3)14-16-26/h4-5,7-11,17H,6,12-16H2,1-3H3/b19-8-/i6D2,8D,12D2. The van der Waals surface area contributed by atoms with E-state index in [-0.39, 0.29) is 10.5 Å². The van der Waals surface area contributed by atoms with Gasteiger partial charge in [-0.3, -0.25) is 0 Å². The van der Waals surface area contributed by atoms with Crippen molar-refractivity contribution in [2.24, 2.45) is 0 Å². The van der Waals surface area contributed by atoms with E-state index in [0.29, 0.717) is 42.2 Å². The molecule has 160 valence electrons. The molecule has 1 fully saturated rings. The summed E-state index contributed by atoms with van der Waals surface area (Å²) in [6, 6.07) is 11.4. The fourth-order valence-corrected chi connectivity index (χ4v) is 5.41. The summed E-state index contributed by atoms with van der Waals surface area (Å²) in [6.07, 6.45) is -2.67. The van der Waals surface area contributed by atoms with Gasteiger partial charge >= 0.3 is 0 Å². The molecular weight excluding hydrogens is 414 g/mol. The summed E-state index contributed by atoms with van der Waals surface area (Å²) >= 11 is 1.42. The van der Waals surface area contributed by atoms with Crippen LogP contribution in [0.4, 0.5) is 0 Å². The monoisotopic (exact) mass is 448 g/mol. The van der Waals surface area contributed by atoms with Crippen molar-refractivity contribution < 1.29 is 15.3 Å². The van der Waals surface area contributed by atoms with Gasteiger partial charge in [-0.15, -0.1) is 0 Å². The molecule has 0 unspecified atom stereocenters. The smallest absolute Gasteiger partial charge is 0.242 e. The Labute approximate surface area is 191 Å². The van der Waals surface area contributed by atoms with Gasteiger partial charge in [-0.1, -0.05) is 36.0 Å². The Balaban J connectivity index is 1.92. The van der Waals surface area contributed by atoms with Gasteiger partial charge in [-0.05, 0) is 54.4 Å². The first-order chi connectivity index (χ1) is 16.3. The first-order valence-electron chi connectivity index (χ1n) is 12.3. The molecule has 0 amide bonds. The van der Waals surface area contributed by atoms with E-state index in [9.17, 15) is 8.42 Å². The second kappa shape index (κ2) is 8.85. The molecule has 0 N–H and O–H groups in total. The van der Waals surface area contributed by atoms with E-state index < -0.39 is 28.9 Å². The molecule has 0 saturated carbocycles. The van der Waals surface area contributed by atoms with Crippen LogP contribution >= 0.6 is 11.8 Å². The molecule has 1 saturated heterocycles. The van der Waals surface area contributed by atoms with Crippen LogP contribution in [-0.4, -0.2) is 76.3 Å². The Morgan fingerprint density at radius 2 is 1.80 bits per heavy atom. The SMILES string of the molecule is [2H]/C(=C1\c2ccccc2Sc2ccc(S(=O)(=O)N(C)C)cc21)C([2H])([2H])C([2H])([2H])N1CCN(C)CC1. The van der Waals surface area contributed by atoms with Crippen LogP contribution in [0.15, 0.2) is 63.2 Å². The minimum Gasteiger partial charge on any atom is -0.304 e. The van der Waals surface area contributed by atoms with Crippen molar-refractivity contribution in [2.45, 2.75) is 21.1 Å². The molecule has 2 aromatic rings. The van der Waals surface area contributed by atoms with Crippen molar-refractivity contribution in [3.8, 4) is 0 Å². The lowest BCUT2D eigenvalue weighted by Gasteiger charge is -2.32. The second-order valence-corrected chi connectivity index (χ2v) is 10.8. The molecule has 2 aromatic carbocycles. The number of hydrogen-bond acceptors (Lipinski definition) is 5. The summed E-state index contributed by atoms with van der Waals surface area (Å²) in [4.78, 5) is 5.05. The van der Waals surface area contributed by atoms with E-state index in [1.807, 2.05) is 19.2 Å². The van der Waals surface area contributed by atoms with Crippen LogP contribution in [0.5, 0.6) is 0 Å². The quantitative estimate of drug-likeness (QED) is 0.598. The summed E-state index contributed by atoms with van der Waals surface area (Å²) in [7, 11) is 1.05. The zero-order valence-electron chi connectivity index (χ0n) is 22.3. The highest BCUT2D eigenvalue weighted by Gasteiger charge is 2.25. The molecule has 5 nitrogen and oxygen atoms in total. The van der Waals surface area contributed by atoms with E-state index in [1.54, 1.807) is 18.2 Å². The summed E-state index contributed by atoms with van der Waals surface area (Å²) < 4.78 is 71.0. The van der Waals surface area contributed by atoms with Gasteiger partial charge < -0.3 is 9.80 Å². The normalized spacial score (nSPS) is 22.9. The molecule has 0 atom stereocenters. The number of benzene rings is 2. The van der Waals surface area contributed by atoms with Crippen LogP contribution in [0, 0.1) is 0 Å². The Kier molecular flexibility index (Phi) is 4.73. The zero-order valence-corrected chi connectivity index (χ0v) is 19.0. The summed E-state index contributed by atoms with van der Waals surface area (Å²) in [5.41, 5.74) is 1.22. The highest BCUT2D eigenvalue weighted by Crippen LogP contribution is 2.46. The molecule has 0 radical (unpaired) electrons. The van der Waals surface area contributed by atoms with E-state index in [0.717, 1.165) is 9.20 Å². The Hall–Kier alpha value is -1.64. The molecule has 7 heteroatoms. The predicted octanol–water partition coefficient (Wildman–Crippen LogP) is 3.47. The van der Waals surface area contributed by atoms with Crippen LogP contribution < -0.4 is 0 Å². The lowest BCUT2D eigenvalue weighted by molar-refractivity contribution is 0.156. The predicted molar refractivity (Wildman–Crippen MR) is 124 cm³/mol.